The van der Waals surface area contributed by atoms with Crippen LogP contribution in [-0.2, 0) is 16.1 Å². The van der Waals surface area contributed by atoms with Crippen molar-refractivity contribution in [3.05, 3.63) is 35.2 Å². The number of fused-ring (bicyclic) bond motifs is 1. The third-order valence-corrected chi connectivity index (χ3v) is 2.16. The number of carboxylic acids is 1. The van der Waals surface area contributed by atoms with Gasteiger partial charge in [0.15, 0.2) is 0 Å². The summed E-state index contributed by atoms with van der Waals surface area (Å²) in [5.41, 5.74) is 1.42. The third-order valence-electron chi connectivity index (χ3n) is 1.94. The van der Waals surface area contributed by atoms with Crippen molar-refractivity contribution in [3.63, 3.8) is 0 Å². The van der Waals surface area contributed by atoms with Crippen molar-refractivity contribution in [3.8, 4) is 0 Å². The molecule has 0 saturated carbocycles. The van der Waals surface area contributed by atoms with Crippen LogP contribution in [0.25, 0.3) is 5.65 Å². The van der Waals surface area contributed by atoms with Crippen LogP contribution >= 0.6 is 11.6 Å². The quantitative estimate of drug-likeness (QED) is 0.882. The van der Waals surface area contributed by atoms with Crippen LogP contribution < -0.4 is 0 Å². The average Bonchev–Trinajstić information content (AvgIpc) is 2.58. The molecular weight excluding hydrogens is 232 g/mol. The monoisotopic (exact) mass is 240 g/mol. The summed E-state index contributed by atoms with van der Waals surface area (Å²) >= 11 is 5.82. The van der Waals surface area contributed by atoms with E-state index in [1.165, 1.54) is 0 Å². The van der Waals surface area contributed by atoms with Crippen molar-refractivity contribution < 1.29 is 14.6 Å². The fourth-order valence-corrected chi connectivity index (χ4v) is 1.50. The van der Waals surface area contributed by atoms with Gasteiger partial charge in [0.25, 0.3) is 0 Å². The molecule has 0 aromatic carbocycles. The molecule has 0 aliphatic rings. The van der Waals surface area contributed by atoms with E-state index in [1.807, 2.05) is 0 Å². The van der Waals surface area contributed by atoms with Gasteiger partial charge in [0.05, 0.1) is 17.3 Å². The first-order chi connectivity index (χ1) is 7.65. The summed E-state index contributed by atoms with van der Waals surface area (Å²) in [6.45, 7) is -0.153. The third kappa shape index (κ3) is 2.50. The number of carbonyl (C=O) groups is 1. The lowest BCUT2D eigenvalue weighted by Crippen LogP contribution is -2.06. The Labute approximate surface area is 96.2 Å². The van der Waals surface area contributed by atoms with Crippen molar-refractivity contribution in [1.82, 2.24) is 9.38 Å². The van der Waals surface area contributed by atoms with E-state index in [2.05, 4.69) is 4.98 Å². The second-order valence-electron chi connectivity index (χ2n) is 3.23. The van der Waals surface area contributed by atoms with Gasteiger partial charge >= 0.3 is 5.97 Å². The highest BCUT2D eigenvalue weighted by Gasteiger charge is 2.03. The van der Waals surface area contributed by atoms with Gasteiger partial charge in [0.1, 0.15) is 12.3 Å². The van der Waals surface area contributed by atoms with Crippen LogP contribution in [0.15, 0.2) is 24.5 Å². The van der Waals surface area contributed by atoms with Gasteiger partial charge in [-0.25, -0.2) is 9.78 Å². The molecule has 2 heterocycles. The smallest absolute Gasteiger partial charge is 0.329 e. The van der Waals surface area contributed by atoms with Crippen molar-refractivity contribution >= 4 is 23.2 Å². The second kappa shape index (κ2) is 4.51. The Hall–Kier alpha value is -1.59. The van der Waals surface area contributed by atoms with Gasteiger partial charge in [0, 0.05) is 12.4 Å². The molecule has 0 spiro atoms. The molecule has 0 aliphatic carbocycles. The van der Waals surface area contributed by atoms with Crippen LogP contribution in [0.4, 0.5) is 0 Å². The number of nitrogens with zero attached hydrogens (tertiary/aromatic N) is 2. The molecule has 84 valence electrons. The molecule has 5 nitrogen and oxygen atoms in total. The van der Waals surface area contributed by atoms with Gasteiger partial charge in [-0.3, -0.25) is 0 Å². The van der Waals surface area contributed by atoms with Gasteiger partial charge in [-0.1, -0.05) is 11.6 Å². The van der Waals surface area contributed by atoms with Crippen molar-refractivity contribution in [2.45, 2.75) is 6.61 Å². The molecule has 0 amide bonds. The lowest BCUT2D eigenvalue weighted by atomic mass is 10.5. The zero-order valence-electron chi connectivity index (χ0n) is 8.26. The zero-order valence-corrected chi connectivity index (χ0v) is 9.02. The predicted molar refractivity (Wildman–Crippen MR) is 57.5 cm³/mol. The number of aliphatic carboxylic acids is 1. The van der Waals surface area contributed by atoms with Crippen molar-refractivity contribution in [1.29, 1.82) is 0 Å². The highest BCUT2D eigenvalue weighted by molar-refractivity contribution is 6.30. The Morgan fingerprint density at radius 1 is 1.50 bits per heavy atom. The van der Waals surface area contributed by atoms with Crippen molar-refractivity contribution in [2.24, 2.45) is 0 Å². The topological polar surface area (TPSA) is 63.8 Å². The molecule has 0 fully saturated rings. The second-order valence-corrected chi connectivity index (χ2v) is 3.67. The number of aromatic nitrogens is 2. The lowest BCUT2D eigenvalue weighted by molar-refractivity contribution is -0.142. The van der Waals surface area contributed by atoms with Gasteiger partial charge < -0.3 is 14.2 Å². The number of hydrogen-bond acceptors (Lipinski definition) is 3. The SMILES string of the molecule is O=C(O)COCc1cn2cc(Cl)ccc2n1. The molecule has 0 bridgehead atoms. The molecule has 0 unspecified atom stereocenters. The largest absolute Gasteiger partial charge is 0.480 e. The van der Waals surface area contributed by atoms with E-state index in [0.717, 1.165) is 5.65 Å². The number of halogens is 1. The molecule has 0 saturated heterocycles. The number of ether oxygens (including phenoxy) is 1. The maximum atomic E-state index is 10.2. The fraction of sp³-hybridized carbons (Fsp3) is 0.200. The summed E-state index contributed by atoms with van der Waals surface area (Å²) in [7, 11) is 0. The molecule has 16 heavy (non-hydrogen) atoms. The predicted octanol–water partition coefficient (Wildman–Crippen LogP) is 1.59. The Kier molecular flexibility index (Phi) is 3.07. The summed E-state index contributed by atoms with van der Waals surface area (Å²) in [5.74, 6) is -0.994. The fourth-order valence-electron chi connectivity index (χ4n) is 1.33. The maximum absolute atomic E-state index is 10.2. The summed E-state index contributed by atoms with van der Waals surface area (Å²) in [6, 6.07) is 3.52. The molecule has 2 aromatic rings. The molecule has 6 heteroatoms. The van der Waals surface area contributed by atoms with E-state index in [-0.39, 0.29) is 13.2 Å². The van der Waals surface area contributed by atoms with E-state index >= 15 is 0 Å². The van der Waals surface area contributed by atoms with Crippen LogP contribution in [0.5, 0.6) is 0 Å². The van der Waals surface area contributed by atoms with E-state index in [1.54, 1.807) is 28.9 Å². The first-order valence-corrected chi connectivity index (χ1v) is 4.95. The van der Waals surface area contributed by atoms with Crippen LogP contribution in [0.2, 0.25) is 5.02 Å². The maximum Gasteiger partial charge on any atom is 0.329 e. The van der Waals surface area contributed by atoms with Gasteiger partial charge in [-0.2, -0.15) is 0 Å². The first kappa shape index (κ1) is 10.9. The van der Waals surface area contributed by atoms with E-state index in [4.69, 9.17) is 21.4 Å². The minimum absolute atomic E-state index is 0.172. The first-order valence-electron chi connectivity index (χ1n) is 4.58. The number of carboxylic acid groups (broad SMARTS) is 1. The summed E-state index contributed by atoms with van der Waals surface area (Å²) < 4.78 is 6.70. The minimum Gasteiger partial charge on any atom is -0.480 e. The van der Waals surface area contributed by atoms with Gasteiger partial charge in [-0.15, -0.1) is 0 Å². The average molecular weight is 241 g/mol. The molecule has 0 radical (unpaired) electrons. The summed E-state index contributed by atoms with van der Waals surface area (Å²) in [5, 5.41) is 9.01. The van der Waals surface area contributed by atoms with Crippen LogP contribution in [0, 0.1) is 0 Å². The van der Waals surface area contributed by atoms with Crippen molar-refractivity contribution in [2.75, 3.05) is 6.61 Å². The van der Waals surface area contributed by atoms with Crippen LogP contribution in [-0.4, -0.2) is 27.1 Å². The highest BCUT2D eigenvalue weighted by Crippen LogP contribution is 2.12. The number of pyridine rings is 1. The Bertz CT molecular complexity index is 524. The number of hydrogen-bond donors (Lipinski definition) is 1. The normalized spacial score (nSPS) is 10.8. The zero-order chi connectivity index (χ0) is 11.5. The van der Waals surface area contributed by atoms with Crippen LogP contribution in [0.1, 0.15) is 5.69 Å². The standard InChI is InChI=1S/C10H9ClN2O3/c11-7-1-2-9-12-8(4-13(9)3-7)5-16-6-10(14)15/h1-4H,5-6H2,(H,14,15). The summed E-state index contributed by atoms with van der Waals surface area (Å²) in [6.07, 6.45) is 3.48. The summed E-state index contributed by atoms with van der Waals surface area (Å²) in [4.78, 5) is 14.5. The molecular formula is C10H9ClN2O3. The highest BCUT2D eigenvalue weighted by atomic mass is 35.5. The molecule has 0 atom stereocenters. The number of imidazole rings is 1. The molecule has 2 aromatic heterocycles. The molecule has 1 N–H and O–H groups in total. The van der Waals surface area contributed by atoms with E-state index < -0.39 is 5.97 Å². The van der Waals surface area contributed by atoms with Gasteiger partial charge in [0.2, 0.25) is 0 Å². The van der Waals surface area contributed by atoms with E-state index in [0.29, 0.717) is 10.7 Å². The van der Waals surface area contributed by atoms with E-state index in [9.17, 15) is 4.79 Å². The number of rotatable bonds is 4. The van der Waals surface area contributed by atoms with Crippen LogP contribution in [0.3, 0.4) is 0 Å². The Morgan fingerprint density at radius 2 is 2.31 bits per heavy atom. The Balaban J connectivity index is 2.10. The molecule has 2 rings (SSSR count). The van der Waals surface area contributed by atoms with Gasteiger partial charge in [-0.05, 0) is 12.1 Å². The Morgan fingerprint density at radius 3 is 3.06 bits per heavy atom. The molecule has 0 aliphatic heterocycles. The lowest BCUT2D eigenvalue weighted by Gasteiger charge is -1.95. The minimum atomic E-state index is -0.994.